The highest BCUT2D eigenvalue weighted by atomic mass is 127. The lowest BCUT2D eigenvalue weighted by molar-refractivity contribution is -0.116. The average Bonchev–Trinajstić information content (AvgIpc) is 2.43. The topological polar surface area (TPSA) is 42.0 Å². The largest absolute Gasteiger partial charge is 0.324 e. The summed E-state index contributed by atoms with van der Waals surface area (Å²) in [5, 5.41) is 4.00. The number of rotatable bonds is 4. The molecule has 1 N–H and O–H groups in total. The lowest BCUT2D eigenvalue weighted by Gasteiger charge is -2.08. The van der Waals surface area contributed by atoms with E-state index in [2.05, 4.69) is 32.9 Å². The van der Waals surface area contributed by atoms with E-state index in [-0.39, 0.29) is 5.91 Å². The zero-order valence-electron chi connectivity index (χ0n) is 10.7. The molecule has 1 amide bonds. The molecule has 0 unspecified atom stereocenters. The van der Waals surface area contributed by atoms with E-state index in [1.165, 1.54) is 0 Å². The highest BCUT2D eigenvalue weighted by Crippen LogP contribution is 2.25. The van der Waals surface area contributed by atoms with Crippen molar-refractivity contribution in [1.82, 2.24) is 4.98 Å². The fourth-order valence-electron chi connectivity index (χ4n) is 1.83. The summed E-state index contributed by atoms with van der Waals surface area (Å²) in [7, 11) is 0. The van der Waals surface area contributed by atoms with Crippen LogP contribution in [-0.2, 0) is 4.79 Å². The van der Waals surface area contributed by atoms with Crippen LogP contribution in [0.2, 0.25) is 0 Å². The first-order chi connectivity index (χ1) is 9.22. The molecular weight excluding hydrogens is 351 g/mol. The molecule has 0 spiro atoms. The Bertz CT molecular complexity index is 623. The number of nitrogens with one attached hydrogen (secondary N) is 1. The number of carbonyl (C=O) groups is 1. The van der Waals surface area contributed by atoms with Crippen LogP contribution in [0, 0.1) is 3.57 Å². The number of amides is 1. The van der Waals surface area contributed by atoms with Crippen LogP contribution < -0.4 is 5.32 Å². The highest BCUT2D eigenvalue weighted by molar-refractivity contribution is 14.1. The van der Waals surface area contributed by atoms with Crippen LogP contribution >= 0.6 is 22.6 Å². The van der Waals surface area contributed by atoms with Crippen LogP contribution in [-0.4, -0.2) is 10.9 Å². The molecular formula is C15H15IN2O. The molecule has 1 heterocycles. The van der Waals surface area contributed by atoms with Crippen molar-refractivity contribution in [2.45, 2.75) is 19.8 Å². The summed E-state index contributed by atoms with van der Waals surface area (Å²) in [4.78, 5) is 16.2. The summed E-state index contributed by atoms with van der Waals surface area (Å²) in [5.41, 5.74) is 1.62. The lowest BCUT2D eigenvalue weighted by atomic mass is 10.2. The fourth-order valence-corrected chi connectivity index (χ4v) is 2.45. The van der Waals surface area contributed by atoms with Crippen LogP contribution in [0.1, 0.15) is 19.8 Å². The maximum absolute atomic E-state index is 11.8. The summed E-state index contributed by atoms with van der Waals surface area (Å²) in [5.74, 6) is 0.0197. The Morgan fingerprint density at radius 3 is 3.05 bits per heavy atom. The van der Waals surface area contributed by atoms with Gasteiger partial charge in [-0.3, -0.25) is 9.78 Å². The Morgan fingerprint density at radius 1 is 1.42 bits per heavy atom. The summed E-state index contributed by atoms with van der Waals surface area (Å²) in [6.45, 7) is 1.95. The van der Waals surface area contributed by atoms with Gasteiger partial charge in [0.2, 0.25) is 5.91 Å². The molecule has 2 aromatic rings. The van der Waals surface area contributed by atoms with Crippen molar-refractivity contribution in [2.24, 2.45) is 0 Å². The van der Waals surface area contributed by atoms with Crippen LogP contribution in [0.5, 0.6) is 0 Å². The Hall–Kier alpha value is -1.43. The molecule has 4 heteroatoms. The minimum Gasteiger partial charge on any atom is -0.324 e. The molecule has 0 aliphatic heterocycles. The monoisotopic (exact) mass is 366 g/mol. The van der Waals surface area contributed by atoms with Gasteiger partial charge in [0.1, 0.15) is 0 Å². The number of hydrogen-bond donors (Lipinski definition) is 1. The second kappa shape index (κ2) is 6.65. The number of hydrogen-bond acceptors (Lipinski definition) is 2. The summed E-state index contributed by atoms with van der Waals surface area (Å²) in [6, 6.07) is 7.82. The summed E-state index contributed by atoms with van der Waals surface area (Å²) >= 11 is 2.27. The van der Waals surface area contributed by atoms with Gasteiger partial charge in [-0.25, -0.2) is 0 Å². The first kappa shape index (κ1) is 14.0. The number of carbonyl (C=O) groups excluding carboxylic acids is 1. The van der Waals surface area contributed by atoms with Gasteiger partial charge in [-0.1, -0.05) is 18.2 Å². The zero-order chi connectivity index (χ0) is 13.7. The van der Waals surface area contributed by atoms with E-state index in [0.29, 0.717) is 6.42 Å². The average molecular weight is 366 g/mol. The second-order valence-electron chi connectivity index (χ2n) is 4.15. The maximum atomic E-state index is 11.8. The van der Waals surface area contributed by atoms with Crippen molar-refractivity contribution in [3.8, 4) is 0 Å². The lowest BCUT2D eigenvalue weighted by Crippen LogP contribution is -2.11. The van der Waals surface area contributed by atoms with Gasteiger partial charge in [-0.05, 0) is 54.1 Å². The highest BCUT2D eigenvalue weighted by Gasteiger charge is 2.08. The number of anilines is 1. The van der Waals surface area contributed by atoms with Gasteiger partial charge in [0.15, 0.2) is 0 Å². The van der Waals surface area contributed by atoms with Gasteiger partial charge in [0.05, 0.1) is 11.2 Å². The molecule has 0 aliphatic carbocycles. The number of halogens is 1. The number of pyridine rings is 1. The maximum Gasteiger partial charge on any atom is 0.224 e. The van der Waals surface area contributed by atoms with E-state index in [4.69, 9.17) is 0 Å². The quantitative estimate of drug-likeness (QED) is 0.653. The fraction of sp³-hybridized carbons (Fsp3) is 0.200. The molecule has 0 fully saturated rings. The van der Waals surface area contributed by atoms with Crippen LogP contribution in [0.4, 0.5) is 5.69 Å². The molecule has 0 saturated carbocycles. The van der Waals surface area contributed by atoms with E-state index >= 15 is 0 Å². The molecule has 0 aliphatic rings. The third-order valence-corrected chi connectivity index (χ3v) is 3.70. The van der Waals surface area contributed by atoms with Crippen LogP contribution in [0.25, 0.3) is 10.9 Å². The minimum atomic E-state index is 0.0197. The molecule has 1 aromatic heterocycles. The SMILES string of the molecule is C/C=C\CCC(=O)Nc1ccc(I)c2cccnc12. The Kier molecular flexibility index (Phi) is 4.90. The van der Waals surface area contributed by atoms with Gasteiger partial charge in [-0.2, -0.15) is 0 Å². The van der Waals surface area contributed by atoms with Crippen molar-refractivity contribution in [2.75, 3.05) is 5.32 Å². The van der Waals surface area contributed by atoms with Crippen LogP contribution in [0.3, 0.4) is 0 Å². The predicted octanol–water partition coefficient (Wildman–Crippen LogP) is 4.13. The molecule has 0 bridgehead atoms. The van der Waals surface area contributed by atoms with Crippen molar-refractivity contribution in [1.29, 1.82) is 0 Å². The normalized spacial score (nSPS) is 11.1. The molecule has 98 valence electrons. The number of benzene rings is 1. The molecule has 0 radical (unpaired) electrons. The predicted molar refractivity (Wildman–Crippen MR) is 87.1 cm³/mol. The van der Waals surface area contributed by atoms with Crippen molar-refractivity contribution in [3.63, 3.8) is 0 Å². The van der Waals surface area contributed by atoms with Crippen LogP contribution in [0.15, 0.2) is 42.6 Å². The molecule has 1 aromatic carbocycles. The van der Waals surface area contributed by atoms with E-state index in [1.807, 2.05) is 43.3 Å². The van der Waals surface area contributed by atoms with Gasteiger partial charge in [-0.15, -0.1) is 0 Å². The van der Waals surface area contributed by atoms with Gasteiger partial charge < -0.3 is 5.32 Å². The smallest absolute Gasteiger partial charge is 0.224 e. The number of fused-ring (bicyclic) bond motifs is 1. The van der Waals surface area contributed by atoms with Gasteiger partial charge >= 0.3 is 0 Å². The van der Waals surface area contributed by atoms with E-state index in [1.54, 1.807) is 6.20 Å². The van der Waals surface area contributed by atoms with Crippen molar-refractivity contribution in [3.05, 3.63) is 46.2 Å². The van der Waals surface area contributed by atoms with Crippen molar-refractivity contribution < 1.29 is 4.79 Å². The first-order valence-corrected chi connectivity index (χ1v) is 7.24. The number of nitrogens with zero attached hydrogens (tertiary/aromatic N) is 1. The number of aromatic nitrogens is 1. The molecule has 19 heavy (non-hydrogen) atoms. The minimum absolute atomic E-state index is 0.0197. The number of allylic oxidation sites excluding steroid dienone is 2. The molecule has 3 nitrogen and oxygen atoms in total. The van der Waals surface area contributed by atoms with Gasteiger partial charge in [0, 0.05) is 21.6 Å². The Balaban J connectivity index is 2.21. The third kappa shape index (κ3) is 3.53. The van der Waals surface area contributed by atoms with Crippen molar-refractivity contribution >= 4 is 45.1 Å². The Labute approximate surface area is 126 Å². The van der Waals surface area contributed by atoms with Gasteiger partial charge in [0.25, 0.3) is 0 Å². The van der Waals surface area contributed by atoms with E-state index in [0.717, 1.165) is 26.6 Å². The molecule has 0 atom stereocenters. The standard InChI is InChI=1S/C15H15IN2O/c1-2-3-4-7-14(19)18-13-9-8-12(16)11-6-5-10-17-15(11)13/h2-3,5-6,8-10H,4,7H2,1H3,(H,18,19)/b3-2-. The summed E-state index contributed by atoms with van der Waals surface area (Å²) in [6.07, 6.45) is 6.94. The van der Waals surface area contributed by atoms with E-state index < -0.39 is 0 Å². The second-order valence-corrected chi connectivity index (χ2v) is 5.31. The van der Waals surface area contributed by atoms with E-state index in [9.17, 15) is 4.79 Å². The summed E-state index contributed by atoms with van der Waals surface area (Å²) < 4.78 is 1.13. The zero-order valence-corrected chi connectivity index (χ0v) is 12.8. The Morgan fingerprint density at radius 2 is 2.26 bits per heavy atom. The first-order valence-electron chi connectivity index (χ1n) is 6.16. The molecule has 0 saturated heterocycles. The molecule has 2 rings (SSSR count). The third-order valence-electron chi connectivity index (χ3n) is 2.76.